The van der Waals surface area contributed by atoms with Gasteiger partial charge in [0.2, 0.25) is 10.0 Å². The Bertz CT molecular complexity index is 576. The number of oxime groups is 1. The van der Waals surface area contributed by atoms with E-state index in [0.717, 1.165) is 5.56 Å². The number of nitrogens with two attached hydrogens (primary N) is 1. The van der Waals surface area contributed by atoms with E-state index in [-0.39, 0.29) is 22.1 Å². The summed E-state index contributed by atoms with van der Waals surface area (Å²) in [6.45, 7) is 4.16. The largest absolute Gasteiger partial charge is 0.411 e. The molecule has 1 aromatic rings. The zero-order valence-electron chi connectivity index (χ0n) is 10.2. The van der Waals surface area contributed by atoms with Gasteiger partial charge >= 0.3 is 0 Å². The summed E-state index contributed by atoms with van der Waals surface area (Å²) in [5, 5.41) is 16.7. The third-order valence-electron chi connectivity index (χ3n) is 3.71. The van der Waals surface area contributed by atoms with E-state index in [0.29, 0.717) is 0 Å². The first kappa shape index (κ1) is 13.0. The van der Waals surface area contributed by atoms with E-state index in [4.69, 9.17) is 10.3 Å². The Balaban J connectivity index is 2.27. The lowest BCUT2D eigenvalue weighted by Gasteiger charge is -2.04. The number of benzene rings is 1. The smallest absolute Gasteiger partial charge is 0.238 e. The van der Waals surface area contributed by atoms with Crippen molar-refractivity contribution < 1.29 is 13.6 Å². The maximum atomic E-state index is 11.1. The monoisotopic (exact) mass is 268 g/mol. The van der Waals surface area contributed by atoms with Crippen LogP contribution in [0.1, 0.15) is 25.3 Å². The molecule has 1 saturated carbocycles. The van der Waals surface area contributed by atoms with Gasteiger partial charge in [-0.3, -0.25) is 0 Å². The third kappa shape index (κ3) is 2.13. The van der Waals surface area contributed by atoms with E-state index in [1.165, 1.54) is 18.3 Å². The minimum atomic E-state index is -3.64. The Hall–Kier alpha value is -1.40. The molecule has 0 aliphatic heterocycles. The second-order valence-corrected chi connectivity index (χ2v) is 6.76. The van der Waals surface area contributed by atoms with E-state index < -0.39 is 10.0 Å². The molecule has 2 atom stereocenters. The van der Waals surface area contributed by atoms with Gasteiger partial charge in [-0.2, -0.15) is 0 Å². The van der Waals surface area contributed by atoms with Crippen molar-refractivity contribution >= 4 is 16.2 Å². The lowest BCUT2D eigenvalue weighted by molar-refractivity contribution is 0.319. The highest BCUT2D eigenvalue weighted by atomic mass is 32.2. The Kier molecular flexibility index (Phi) is 2.95. The summed E-state index contributed by atoms with van der Waals surface area (Å²) in [7, 11) is -3.64. The molecule has 0 bridgehead atoms. The third-order valence-corrected chi connectivity index (χ3v) is 4.63. The van der Waals surface area contributed by atoms with Crippen molar-refractivity contribution in [3.05, 3.63) is 29.8 Å². The Morgan fingerprint density at radius 2 is 1.89 bits per heavy atom. The second kappa shape index (κ2) is 4.07. The summed E-state index contributed by atoms with van der Waals surface area (Å²) in [5.41, 5.74) is 1.05. The molecule has 2 unspecified atom stereocenters. The van der Waals surface area contributed by atoms with Crippen molar-refractivity contribution in [1.82, 2.24) is 0 Å². The van der Waals surface area contributed by atoms with Gasteiger partial charge in [0.15, 0.2) is 0 Å². The summed E-state index contributed by atoms with van der Waals surface area (Å²) in [6, 6.07) is 6.53. The number of sulfonamides is 1. The fourth-order valence-electron chi connectivity index (χ4n) is 2.53. The van der Waals surface area contributed by atoms with E-state index >= 15 is 0 Å². The minimum Gasteiger partial charge on any atom is -0.411 e. The first-order valence-corrected chi connectivity index (χ1v) is 7.13. The molecule has 1 aliphatic carbocycles. The standard InChI is InChI=1S/C12H16N2O3S/c1-12(2)10(7-14-15)11(12)8-3-5-9(6-4-8)18(13,16)17/h3-7,10-11,15H,1-2H3,(H2,13,16,17)/b14-7+. The van der Waals surface area contributed by atoms with Gasteiger partial charge in [-0.1, -0.05) is 26.0 Å². The van der Waals surface area contributed by atoms with Crippen LogP contribution < -0.4 is 5.14 Å². The van der Waals surface area contributed by atoms with Crippen LogP contribution in [-0.4, -0.2) is 19.8 Å². The number of nitrogens with zero attached hydrogens (tertiary/aromatic N) is 1. The predicted molar refractivity (Wildman–Crippen MR) is 68.1 cm³/mol. The van der Waals surface area contributed by atoms with Gasteiger partial charge in [-0.05, 0) is 29.0 Å². The number of hydrogen-bond acceptors (Lipinski definition) is 4. The summed E-state index contributed by atoms with van der Waals surface area (Å²) in [4.78, 5) is 0.108. The Morgan fingerprint density at radius 3 is 2.33 bits per heavy atom. The quantitative estimate of drug-likeness (QED) is 0.494. The minimum absolute atomic E-state index is 0.0232. The van der Waals surface area contributed by atoms with Crippen molar-refractivity contribution in [2.75, 3.05) is 0 Å². The van der Waals surface area contributed by atoms with E-state index in [2.05, 4.69) is 19.0 Å². The first-order chi connectivity index (χ1) is 8.28. The summed E-state index contributed by atoms with van der Waals surface area (Å²) in [5.74, 6) is 0.408. The molecule has 1 aromatic carbocycles. The van der Waals surface area contributed by atoms with Gasteiger partial charge in [-0.25, -0.2) is 13.6 Å². The molecule has 0 radical (unpaired) electrons. The predicted octanol–water partition coefficient (Wildman–Crippen LogP) is 1.53. The van der Waals surface area contributed by atoms with Crippen LogP contribution in [0.2, 0.25) is 0 Å². The van der Waals surface area contributed by atoms with Crippen LogP contribution in [0.3, 0.4) is 0 Å². The van der Waals surface area contributed by atoms with Crippen LogP contribution >= 0.6 is 0 Å². The lowest BCUT2D eigenvalue weighted by Crippen LogP contribution is -2.11. The SMILES string of the molecule is CC1(C)C(/C=N/O)C1c1ccc(S(N)(=O)=O)cc1. The maximum absolute atomic E-state index is 11.1. The lowest BCUT2D eigenvalue weighted by atomic mass is 10.0. The van der Waals surface area contributed by atoms with Gasteiger partial charge in [0.25, 0.3) is 0 Å². The second-order valence-electron chi connectivity index (χ2n) is 5.20. The van der Waals surface area contributed by atoms with Gasteiger partial charge < -0.3 is 5.21 Å². The molecule has 0 amide bonds. The molecule has 0 heterocycles. The normalized spacial score (nSPS) is 26.4. The average Bonchev–Trinajstić information content (AvgIpc) is 2.80. The highest BCUT2D eigenvalue weighted by molar-refractivity contribution is 7.89. The molecule has 5 nitrogen and oxygen atoms in total. The molecule has 1 aliphatic rings. The van der Waals surface area contributed by atoms with Gasteiger partial charge in [-0.15, -0.1) is 5.16 Å². The molecule has 18 heavy (non-hydrogen) atoms. The fraction of sp³-hybridized carbons (Fsp3) is 0.417. The molecule has 0 aromatic heterocycles. The van der Waals surface area contributed by atoms with Gasteiger partial charge in [0, 0.05) is 12.1 Å². The van der Waals surface area contributed by atoms with Crippen molar-refractivity contribution in [1.29, 1.82) is 0 Å². The summed E-state index contributed by atoms with van der Waals surface area (Å²) < 4.78 is 22.3. The van der Waals surface area contributed by atoms with E-state index in [1.54, 1.807) is 12.1 Å². The van der Waals surface area contributed by atoms with Crippen LogP contribution in [0.4, 0.5) is 0 Å². The van der Waals surface area contributed by atoms with Crippen molar-refractivity contribution in [3.8, 4) is 0 Å². The molecule has 3 N–H and O–H groups in total. The molecule has 98 valence electrons. The van der Waals surface area contributed by atoms with E-state index in [1.807, 2.05) is 0 Å². The molecule has 0 spiro atoms. The van der Waals surface area contributed by atoms with Crippen LogP contribution in [0, 0.1) is 11.3 Å². The zero-order chi connectivity index (χ0) is 13.6. The van der Waals surface area contributed by atoms with E-state index in [9.17, 15) is 8.42 Å². The molecule has 2 rings (SSSR count). The van der Waals surface area contributed by atoms with Crippen LogP contribution in [0.15, 0.2) is 34.3 Å². The highest BCUT2D eigenvalue weighted by Crippen LogP contribution is 2.63. The summed E-state index contributed by atoms with van der Waals surface area (Å²) >= 11 is 0. The van der Waals surface area contributed by atoms with Crippen LogP contribution in [0.5, 0.6) is 0 Å². The zero-order valence-corrected chi connectivity index (χ0v) is 11.1. The van der Waals surface area contributed by atoms with Crippen molar-refractivity contribution in [2.45, 2.75) is 24.7 Å². The average molecular weight is 268 g/mol. The molecule has 6 heteroatoms. The maximum Gasteiger partial charge on any atom is 0.238 e. The molecular weight excluding hydrogens is 252 g/mol. The van der Waals surface area contributed by atoms with Crippen LogP contribution in [0.25, 0.3) is 0 Å². The van der Waals surface area contributed by atoms with Crippen LogP contribution in [-0.2, 0) is 10.0 Å². The van der Waals surface area contributed by atoms with Crippen molar-refractivity contribution in [2.24, 2.45) is 21.6 Å². The fourth-order valence-corrected chi connectivity index (χ4v) is 3.04. The number of primary sulfonamides is 1. The van der Waals surface area contributed by atoms with Gasteiger partial charge in [0.1, 0.15) is 0 Å². The topological polar surface area (TPSA) is 92.8 Å². The summed E-state index contributed by atoms with van der Waals surface area (Å²) in [6.07, 6.45) is 1.53. The number of hydrogen-bond donors (Lipinski definition) is 2. The molecule has 0 saturated heterocycles. The number of rotatable bonds is 3. The molecular formula is C12H16N2O3S. The molecule has 1 fully saturated rings. The Morgan fingerprint density at radius 1 is 1.33 bits per heavy atom. The van der Waals surface area contributed by atoms with Crippen molar-refractivity contribution in [3.63, 3.8) is 0 Å². The Labute approximate surface area is 106 Å². The first-order valence-electron chi connectivity index (χ1n) is 5.59. The highest BCUT2D eigenvalue weighted by Gasteiger charge is 2.57. The van der Waals surface area contributed by atoms with Gasteiger partial charge in [0.05, 0.1) is 4.90 Å².